The zero-order valence-corrected chi connectivity index (χ0v) is 10.9. The van der Waals surface area contributed by atoms with Crippen molar-refractivity contribution in [1.29, 1.82) is 5.26 Å². The molecule has 4 heteroatoms. The van der Waals surface area contributed by atoms with Gasteiger partial charge in [0.2, 0.25) is 0 Å². The highest BCUT2D eigenvalue weighted by molar-refractivity contribution is 6.30. The molecule has 0 aromatic heterocycles. The van der Waals surface area contributed by atoms with Gasteiger partial charge in [0.05, 0.1) is 18.6 Å². The van der Waals surface area contributed by atoms with Crippen LogP contribution in [0.1, 0.15) is 24.8 Å². The number of rotatable bonds is 5. The first-order chi connectivity index (χ1) is 8.19. The average molecular weight is 270 g/mol. The molecule has 17 heavy (non-hydrogen) atoms. The van der Waals surface area contributed by atoms with E-state index in [1.807, 2.05) is 12.1 Å². The summed E-state index contributed by atoms with van der Waals surface area (Å²) < 4.78 is 5.77. The van der Waals surface area contributed by atoms with Crippen LogP contribution in [0.5, 0.6) is 5.75 Å². The van der Waals surface area contributed by atoms with Crippen molar-refractivity contribution < 1.29 is 4.74 Å². The summed E-state index contributed by atoms with van der Waals surface area (Å²) >= 11 is 11.7. The van der Waals surface area contributed by atoms with E-state index in [1.165, 1.54) is 0 Å². The summed E-state index contributed by atoms with van der Waals surface area (Å²) in [5.41, 5.74) is 0.977. The van der Waals surface area contributed by atoms with Crippen LogP contribution in [0.15, 0.2) is 18.2 Å². The number of ether oxygens (including phenoxy) is 1. The number of hydrogen-bond acceptors (Lipinski definition) is 2. The summed E-state index contributed by atoms with van der Waals surface area (Å²) in [4.78, 5) is 0. The maximum atomic E-state index is 8.73. The zero-order chi connectivity index (χ0) is 12.3. The fourth-order valence-corrected chi connectivity index (χ4v) is 2.14. The molecule has 0 unspecified atom stereocenters. The third-order valence-corrected chi connectivity index (χ3v) is 3.63. The van der Waals surface area contributed by atoms with Gasteiger partial charge in [-0.25, -0.2) is 0 Å². The summed E-state index contributed by atoms with van der Waals surface area (Å²) in [7, 11) is 0. The molecule has 0 N–H and O–H groups in total. The highest BCUT2D eigenvalue weighted by Crippen LogP contribution is 2.48. The summed E-state index contributed by atoms with van der Waals surface area (Å²) in [6.45, 7) is 0.589. The van der Waals surface area contributed by atoms with Crippen LogP contribution >= 0.6 is 23.2 Å². The largest absolute Gasteiger partial charge is 0.493 e. The van der Waals surface area contributed by atoms with Gasteiger partial charge >= 0.3 is 0 Å². The third kappa shape index (κ3) is 3.06. The molecule has 1 aromatic rings. The minimum absolute atomic E-state index is 0.0813. The fraction of sp³-hybridized carbons (Fsp3) is 0.462. The second kappa shape index (κ2) is 5.16. The van der Waals surface area contributed by atoms with Gasteiger partial charge in [-0.05, 0) is 31.0 Å². The van der Waals surface area contributed by atoms with E-state index in [4.69, 9.17) is 33.2 Å². The van der Waals surface area contributed by atoms with E-state index in [0.29, 0.717) is 23.9 Å². The second-order valence-corrected chi connectivity index (χ2v) is 5.21. The van der Waals surface area contributed by atoms with Crippen molar-refractivity contribution in [3.8, 4) is 11.8 Å². The first-order valence-corrected chi connectivity index (χ1v) is 6.44. The summed E-state index contributed by atoms with van der Waals surface area (Å²) in [5, 5.41) is 9.39. The van der Waals surface area contributed by atoms with Crippen LogP contribution in [0.4, 0.5) is 0 Å². The van der Waals surface area contributed by atoms with Gasteiger partial charge in [-0.3, -0.25) is 0 Å². The summed E-state index contributed by atoms with van der Waals surface area (Å²) in [6, 6.07) is 7.65. The molecule has 2 nitrogen and oxygen atoms in total. The smallest absolute Gasteiger partial charge is 0.123 e. The van der Waals surface area contributed by atoms with Gasteiger partial charge in [0.15, 0.2) is 0 Å². The van der Waals surface area contributed by atoms with E-state index in [1.54, 1.807) is 6.07 Å². The molecule has 0 saturated heterocycles. The molecule has 0 spiro atoms. The molecule has 0 amide bonds. The molecule has 0 atom stereocenters. The minimum Gasteiger partial charge on any atom is -0.493 e. The molecule has 0 radical (unpaired) electrons. The molecule has 1 aliphatic carbocycles. The van der Waals surface area contributed by atoms with Crippen molar-refractivity contribution in [3.63, 3.8) is 0 Å². The Hall–Kier alpha value is -0.910. The number of nitrogens with zero attached hydrogens (tertiary/aromatic N) is 1. The lowest BCUT2D eigenvalue weighted by Crippen LogP contribution is -2.13. The predicted octanol–water partition coefficient (Wildman–Crippen LogP) is 4.15. The van der Waals surface area contributed by atoms with Gasteiger partial charge in [-0.15, -0.1) is 11.6 Å². The van der Waals surface area contributed by atoms with Crippen molar-refractivity contribution in [1.82, 2.24) is 0 Å². The topological polar surface area (TPSA) is 33.0 Å². The Kier molecular flexibility index (Phi) is 3.81. The molecule has 1 aromatic carbocycles. The predicted molar refractivity (Wildman–Crippen MR) is 68.4 cm³/mol. The lowest BCUT2D eigenvalue weighted by molar-refractivity contribution is 0.235. The molecular weight excluding hydrogens is 257 g/mol. The molecule has 1 saturated carbocycles. The van der Waals surface area contributed by atoms with Crippen LogP contribution in [-0.4, -0.2) is 6.61 Å². The first-order valence-electron chi connectivity index (χ1n) is 5.53. The third-order valence-electron chi connectivity index (χ3n) is 3.11. The monoisotopic (exact) mass is 269 g/mol. The molecular formula is C13H13Cl2NO. The van der Waals surface area contributed by atoms with E-state index in [9.17, 15) is 0 Å². The SMILES string of the molecule is N#CCC1(COc2ccc(Cl)cc2CCl)CC1. The maximum Gasteiger partial charge on any atom is 0.123 e. The van der Waals surface area contributed by atoms with E-state index in [0.717, 1.165) is 24.2 Å². The van der Waals surface area contributed by atoms with Crippen LogP contribution in [0.2, 0.25) is 5.02 Å². The van der Waals surface area contributed by atoms with E-state index >= 15 is 0 Å². The normalized spacial score (nSPS) is 16.3. The van der Waals surface area contributed by atoms with Gasteiger partial charge in [-0.1, -0.05) is 11.6 Å². The Morgan fingerprint density at radius 1 is 1.41 bits per heavy atom. The van der Waals surface area contributed by atoms with Crippen molar-refractivity contribution >= 4 is 23.2 Å². The number of nitriles is 1. The molecule has 0 bridgehead atoms. The quantitative estimate of drug-likeness (QED) is 0.753. The molecule has 0 heterocycles. The number of hydrogen-bond donors (Lipinski definition) is 0. The van der Waals surface area contributed by atoms with Crippen molar-refractivity contribution in [2.45, 2.75) is 25.1 Å². The molecule has 90 valence electrons. The summed E-state index contributed by atoms with van der Waals surface area (Å²) in [5.74, 6) is 1.15. The highest BCUT2D eigenvalue weighted by atomic mass is 35.5. The van der Waals surface area contributed by atoms with Crippen LogP contribution in [-0.2, 0) is 5.88 Å². The lowest BCUT2D eigenvalue weighted by atomic mass is 10.1. The van der Waals surface area contributed by atoms with Gasteiger partial charge in [0, 0.05) is 22.4 Å². The van der Waals surface area contributed by atoms with E-state index < -0.39 is 0 Å². The van der Waals surface area contributed by atoms with Crippen LogP contribution in [0, 0.1) is 16.7 Å². The second-order valence-electron chi connectivity index (χ2n) is 4.51. The maximum absolute atomic E-state index is 8.73. The molecule has 1 aliphatic rings. The van der Waals surface area contributed by atoms with Gasteiger partial charge < -0.3 is 4.74 Å². The van der Waals surface area contributed by atoms with Crippen molar-refractivity contribution in [2.24, 2.45) is 5.41 Å². The number of halogens is 2. The zero-order valence-electron chi connectivity index (χ0n) is 9.38. The lowest BCUT2D eigenvalue weighted by Gasteiger charge is -2.15. The summed E-state index contributed by atoms with van der Waals surface area (Å²) in [6.07, 6.45) is 2.71. The Bertz CT molecular complexity index is 449. The van der Waals surface area contributed by atoms with E-state index in [2.05, 4.69) is 6.07 Å². The van der Waals surface area contributed by atoms with Gasteiger partial charge in [-0.2, -0.15) is 5.26 Å². The molecule has 0 aliphatic heterocycles. The Labute approximate surface area is 111 Å². The van der Waals surface area contributed by atoms with Crippen LogP contribution in [0.3, 0.4) is 0 Å². The van der Waals surface area contributed by atoms with Crippen molar-refractivity contribution in [2.75, 3.05) is 6.61 Å². The highest BCUT2D eigenvalue weighted by Gasteiger charge is 2.43. The molecule has 2 rings (SSSR count). The Balaban J connectivity index is 2.02. The fourth-order valence-electron chi connectivity index (χ4n) is 1.74. The Morgan fingerprint density at radius 2 is 2.18 bits per heavy atom. The first kappa shape index (κ1) is 12.5. The standard InChI is InChI=1S/C13H13Cl2NO/c14-8-10-7-11(15)1-2-12(10)17-9-13(3-4-13)5-6-16/h1-2,7H,3-5,8-9H2. The minimum atomic E-state index is 0.0813. The number of alkyl halides is 1. The van der Waals surface area contributed by atoms with Crippen LogP contribution < -0.4 is 4.74 Å². The molecule has 1 fully saturated rings. The van der Waals surface area contributed by atoms with Gasteiger partial charge in [0.1, 0.15) is 5.75 Å². The Morgan fingerprint density at radius 3 is 2.76 bits per heavy atom. The van der Waals surface area contributed by atoms with Gasteiger partial charge in [0.25, 0.3) is 0 Å². The number of benzene rings is 1. The average Bonchev–Trinajstić information content (AvgIpc) is 3.08. The van der Waals surface area contributed by atoms with Crippen LogP contribution in [0.25, 0.3) is 0 Å². The van der Waals surface area contributed by atoms with E-state index in [-0.39, 0.29) is 5.41 Å². The van der Waals surface area contributed by atoms with Crippen molar-refractivity contribution in [3.05, 3.63) is 28.8 Å².